The molecule has 196 valence electrons. The molecule has 0 saturated carbocycles. The van der Waals surface area contributed by atoms with Gasteiger partial charge in [-0.15, -0.1) is 0 Å². The normalized spacial score (nSPS) is 10.8. The van der Waals surface area contributed by atoms with Gasteiger partial charge in [-0.2, -0.15) is 4.36 Å². The lowest BCUT2D eigenvalue weighted by molar-refractivity contribution is 0.100. The van der Waals surface area contributed by atoms with Crippen molar-refractivity contribution in [2.24, 2.45) is 4.36 Å². The standard InChI is InChI=1S/C26H30FN5O4S/c1-17-4-9-22(27)23(14-17)31-26(36)30-20-7-5-18(6-8-20)21-15-19(16-29-24(21)28)25(35)32-37(12-2-10-33)13-3-11-34/h4-9,14-16,33-34H,2-3,10-13H2,1H3,(H2,28,29)(H2,30,31,36). The Morgan fingerprint density at radius 1 is 1.03 bits per heavy atom. The van der Waals surface area contributed by atoms with Crippen LogP contribution in [0.1, 0.15) is 28.8 Å². The number of amides is 3. The summed E-state index contributed by atoms with van der Waals surface area (Å²) in [4.78, 5) is 29.2. The fourth-order valence-corrected chi connectivity index (χ4v) is 5.05. The van der Waals surface area contributed by atoms with E-state index in [0.29, 0.717) is 41.2 Å². The summed E-state index contributed by atoms with van der Waals surface area (Å²) in [5, 5.41) is 23.3. The lowest BCUT2D eigenvalue weighted by atomic mass is 10.0. The van der Waals surface area contributed by atoms with Gasteiger partial charge in [0.2, 0.25) is 0 Å². The number of carbonyl (C=O) groups excluding carboxylic acids is 2. The van der Waals surface area contributed by atoms with Gasteiger partial charge in [-0.3, -0.25) is 4.79 Å². The van der Waals surface area contributed by atoms with Crippen LogP contribution in [0.2, 0.25) is 0 Å². The molecule has 0 saturated heterocycles. The molecule has 3 aromatic rings. The molecule has 0 spiro atoms. The van der Waals surface area contributed by atoms with Gasteiger partial charge >= 0.3 is 6.03 Å². The number of hydrogen-bond acceptors (Lipinski definition) is 6. The zero-order valence-electron chi connectivity index (χ0n) is 20.4. The number of nitrogens with one attached hydrogen (secondary N) is 2. The second kappa shape index (κ2) is 13.6. The summed E-state index contributed by atoms with van der Waals surface area (Å²) >= 11 is 0. The molecule has 0 fully saturated rings. The maximum Gasteiger partial charge on any atom is 0.323 e. The van der Waals surface area contributed by atoms with Crippen molar-refractivity contribution < 1.29 is 24.2 Å². The van der Waals surface area contributed by atoms with Gasteiger partial charge in [-0.05, 0) is 61.2 Å². The summed E-state index contributed by atoms with van der Waals surface area (Å²) in [5.41, 5.74) is 8.91. The van der Waals surface area contributed by atoms with Crippen LogP contribution in [0.4, 0.5) is 26.4 Å². The molecule has 9 nitrogen and oxygen atoms in total. The molecule has 0 unspecified atom stereocenters. The minimum absolute atomic E-state index is 0.00916. The lowest BCUT2D eigenvalue weighted by Crippen LogP contribution is -2.20. The third-order valence-corrected chi connectivity index (χ3v) is 7.22. The molecule has 0 atom stereocenters. The van der Waals surface area contributed by atoms with Crippen LogP contribution in [0.3, 0.4) is 0 Å². The van der Waals surface area contributed by atoms with E-state index in [1.807, 2.05) is 0 Å². The highest BCUT2D eigenvalue weighted by Crippen LogP contribution is 2.27. The van der Waals surface area contributed by atoms with Gasteiger partial charge in [0.05, 0.1) is 11.3 Å². The van der Waals surface area contributed by atoms with Crippen molar-refractivity contribution in [2.75, 3.05) is 41.1 Å². The van der Waals surface area contributed by atoms with Crippen LogP contribution in [-0.4, -0.2) is 51.9 Å². The predicted molar refractivity (Wildman–Crippen MR) is 145 cm³/mol. The van der Waals surface area contributed by atoms with Crippen LogP contribution < -0.4 is 16.4 Å². The Balaban J connectivity index is 1.74. The number of hydrogen-bond donors (Lipinski definition) is 5. The number of aromatic nitrogens is 1. The number of nitrogens with zero attached hydrogens (tertiary/aromatic N) is 2. The molecule has 37 heavy (non-hydrogen) atoms. The summed E-state index contributed by atoms with van der Waals surface area (Å²) in [7, 11) is -0.611. The van der Waals surface area contributed by atoms with Gasteiger partial charge in [0.15, 0.2) is 0 Å². The van der Waals surface area contributed by atoms with E-state index >= 15 is 0 Å². The molecule has 11 heteroatoms. The third kappa shape index (κ3) is 8.17. The number of aliphatic hydroxyl groups excluding tert-OH is 2. The first kappa shape index (κ1) is 27.9. The number of aliphatic hydroxyl groups is 2. The van der Waals surface area contributed by atoms with Gasteiger partial charge in [-0.25, -0.2) is 14.2 Å². The third-order valence-electron chi connectivity index (χ3n) is 5.28. The Morgan fingerprint density at radius 3 is 2.35 bits per heavy atom. The number of benzene rings is 2. The van der Waals surface area contributed by atoms with Gasteiger partial charge in [0.1, 0.15) is 11.6 Å². The minimum atomic E-state index is -0.611. The number of anilines is 3. The molecule has 0 bridgehead atoms. The first-order valence-corrected chi connectivity index (χ1v) is 13.2. The van der Waals surface area contributed by atoms with E-state index in [1.54, 1.807) is 43.3 Å². The van der Waals surface area contributed by atoms with E-state index in [1.165, 1.54) is 18.3 Å². The number of halogens is 1. The molecule has 2 aromatic carbocycles. The maximum atomic E-state index is 13.9. The summed E-state index contributed by atoms with van der Waals surface area (Å²) in [6, 6.07) is 12.2. The largest absolute Gasteiger partial charge is 0.396 e. The highest BCUT2D eigenvalue weighted by molar-refractivity contribution is 7.87. The Labute approximate surface area is 217 Å². The maximum absolute atomic E-state index is 13.9. The quantitative estimate of drug-likeness (QED) is 0.268. The summed E-state index contributed by atoms with van der Waals surface area (Å²) in [6.45, 7) is 1.82. The minimum Gasteiger partial charge on any atom is -0.396 e. The second-order valence-corrected chi connectivity index (χ2v) is 10.1. The highest BCUT2D eigenvalue weighted by atomic mass is 32.2. The van der Waals surface area contributed by atoms with Gasteiger partial charge in [-0.1, -0.05) is 28.9 Å². The summed E-state index contributed by atoms with van der Waals surface area (Å²) in [6.07, 6.45) is 2.42. The van der Waals surface area contributed by atoms with Crippen molar-refractivity contribution in [3.63, 3.8) is 0 Å². The fourth-order valence-electron chi connectivity index (χ4n) is 3.40. The topological polar surface area (TPSA) is 150 Å². The zero-order chi connectivity index (χ0) is 26.8. The van der Waals surface area contributed by atoms with Crippen molar-refractivity contribution in [1.29, 1.82) is 0 Å². The number of nitrogen functional groups attached to an aromatic ring is 1. The summed E-state index contributed by atoms with van der Waals surface area (Å²) in [5.74, 6) is 0.385. The predicted octanol–water partition coefficient (Wildman–Crippen LogP) is 4.13. The van der Waals surface area contributed by atoms with Crippen molar-refractivity contribution in [1.82, 2.24) is 4.98 Å². The average molecular weight is 528 g/mol. The van der Waals surface area contributed by atoms with Crippen LogP contribution in [0.15, 0.2) is 59.1 Å². The van der Waals surface area contributed by atoms with Crippen molar-refractivity contribution >= 4 is 39.8 Å². The van der Waals surface area contributed by atoms with Crippen LogP contribution in [0.25, 0.3) is 11.1 Å². The zero-order valence-corrected chi connectivity index (χ0v) is 21.2. The first-order valence-electron chi connectivity index (χ1n) is 11.7. The van der Waals surface area contributed by atoms with E-state index in [-0.39, 0.29) is 30.3 Å². The average Bonchev–Trinajstić information content (AvgIpc) is 2.88. The van der Waals surface area contributed by atoms with Crippen LogP contribution in [0, 0.1) is 12.7 Å². The molecular formula is C26H30FN5O4S. The van der Waals surface area contributed by atoms with E-state index < -0.39 is 28.4 Å². The van der Waals surface area contributed by atoms with Gasteiger partial charge in [0.25, 0.3) is 5.91 Å². The van der Waals surface area contributed by atoms with Crippen molar-refractivity contribution in [3.8, 4) is 11.1 Å². The Morgan fingerprint density at radius 2 is 1.70 bits per heavy atom. The molecular weight excluding hydrogens is 497 g/mol. The molecule has 3 rings (SSSR count). The number of rotatable bonds is 10. The number of pyridine rings is 1. The van der Waals surface area contributed by atoms with Crippen LogP contribution in [-0.2, 0) is 10.7 Å². The summed E-state index contributed by atoms with van der Waals surface area (Å²) < 4.78 is 18.2. The van der Waals surface area contributed by atoms with E-state index in [4.69, 9.17) is 15.9 Å². The first-order chi connectivity index (χ1) is 17.8. The molecule has 3 amide bonds. The van der Waals surface area contributed by atoms with Crippen molar-refractivity contribution in [3.05, 3.63) is 71.7 Å². The number of urea groups is 1. The second-order valence-electron chi connectivity index (χ2n) is 8.22. The Hall–Kier alpha value is -3.67. The van der Waals surface area contributed by atoms with Gasteiger partial charge < -0.3 is 26.6 Å². The fraction of sp³-hybridized carbons (Fsp3) is 0.269. The SMILES string of the molecule is Cc1ccc(F)c(NC(=O)Nc2ccc(-c3cc(C(=O)N=S(CCCO)CCCO)cnc3N)cc2)c1. The number of aryl methyl sites for hydroxylation is 1. The lowest BCUT2D eigenvalue weighted by Gasteiger charge is -2.11. The molecule has 0 radical (unpaired) electrons. The Bertz CT molecular complexity index is 1270. The Kier molecular flexibility index (Phi) is 10.2. The monoisotopic (exact) mass is 527 g/mol. The van der Waals surface area contributed by atoms with Crippen LogP contribution in [0.5, 0.6) is 0 Å². The molecule has 6 N–H and O–H groups in total. The molecule has 1 aromatic heterocycles. The molecule has 0 aliphatic carbocycles. The van der Waals surface area contributed by atoms with Crippen LogP contribution >= 0.6 is 0 Å². The van der Waals surface area contributed by atoms with E-state index in [0.717, 1.165) is 5.56 Å². The molecule has 1 heterocycles. The molecule has 0 aliphatic rings. The smallest absolute Gasteiger partial charge is 0.323 e. The molecule has 0 aliphatic heterocycles. The van der Waals surface area contributed by atoms with Crippen molar-refractivity contribution in [2.45, 2.75) is 19.8 Å². The number of nitrogens with two attached hydrogens (primary N) is 1. The van der Waals surface area contributed by atoms with Gasteiger partial charge in [0, 0.05) is 42.2 Å². The number of carbonyl (C=O) groups is 2. The van der Waals surface area contributed by atoms with E-state index in [9.17, 15) is 14.0 Å². The highest BCUT2D eigenvalue weighted by Gasteiger charge is 2.13. The van der Waals surface area contributed by atoms with E-state index in [2.05, 4.69) is 20.0 Å².